The Kier molecular flexibility index (Phi) is 2.93. The fourth-order valence-electron chi connectivity index (χ4n) is 2.07. The number of halogens is 1. The second kappa shape index (κ2) is 4.95. The van der Waals surface area contributed by atoms with Gasteiger partial charge in [-0.05, 0) is 40.2 Å². The molecule has 8 nitrogen and oxygen atoms in total. The molecule has 0 spiro atoms. The van der Waals surface area contributed by atoms with E-state index in [1.54, 1.807) is 16.8 Å². The zero-order valence-electron chi connectivity index (χ0n) is 11.0. The van der Waals surface area contributed by atoms with Gasteiger partial charge in [-0.15, -0.1) is 10.2 Å². The Morgan fingerprint density at radius 3 is 2.77 bits per heavy atom. The van der Waals surface area contributed by atoms with Gasteiger partial charge in [-0.25, -0.2) is 9.48 Å². The summed E-state index contributed by atoms with van der Waals surface area (Å²) in [6.07, 6.45) is 0. The summed E-state index contributed by atoms with van der Waals surface area (Å²) in [7, 11) is 0. The SMILES string of the molecule is O=c1oc(-c2ccc(Br)o2)nn1Cn1nnc2ccccc21. The van der Waals surface area contributed by atoms with E-state index in [0.29, 0.717) is 10.4 Å². The maximum Gasteiger partial charge on any atom is 0.439 e. The molecule has 0 amide bonds. The molecule has 0 N–H and O–H groups in total. The number of aromatic nitrogens is 5. The summed E-state index contributed by atoms with van der Waals surface area (Å²) in [4.78, 5) is 11.9. The molecule has 110 valence electrons. The molecule has 0 unspecified atom stereocenters. The van der Waals surface area contributed by atoms with Crippen LogP contribution in [0.3, 0.4) is 0 Å². The Labute approximate surface area is 131 Å². The van der Waals surface area contributed by atoms with Crippen molar-refractivity contribution in [1.29, 1.82) is 0 Å². The van der Waals surface area contributed by atoms with Crippen LogP contribution in [0, 0.1) is 0 Å². The monoisotopic (exact) mass is 361 g/mol. The lowest BCUT2D eigenvalue weighted by atomic mass is 10.3. The molecule has 3 aromatic heterocycles. The van der Waals surface area contributed by atoms with Gasteiger partial charge in [-0.1, -0.05) is 17.3 Å². The lowest BCUT2D eigenvalue weighted by Crippen LogP contribution is -2.21. The molecule has 9 heteroatoms. The quantitative estimate of drug-likeness (QED) is 0.554. The Balaban J connectivity index is 1.72. The van der Waals surface area contributed by atoms with Crippen molar-refractivity contribution in [3.8, 4) is 11.7 Å². The standard InChI is InChI=1S/C13H8BrN5O3/c14-11-6-5-10(21-11)12-16-19(13(20)22-12)7-18-9-4-2-1-3-8(9)15-17-18/h1-6H,7H2. The van der Waals surface area contributed by atoms with E-state index in [0.717, 1.165) is 15.7 Å². The van der Waals surface area contributed by atoms with Crippen LogP contribution in [-0.4, -0.2) is 24.8 Å². The first kappa shape index (κ1) is 13.0. The highest BCUT2D eigenvalue weighted by molar-refractivity contribution is 9.10. The second-order valence-electron chi connectivity index (χ2n) is 4.50. The first-order chi connectivity index (χ1) is 10.7. The van der Waals surface area contributed by atoms with E-state index in [1.165, 1.54) is 0 Å². The van der Waals surface area contributed by atoms with Gasteiger partial charge in [0.25, 0.3) is 5.89 Å². The first-order valence-corrected chi connectivity index (χ1v) is 7.12. The smallest absolute Gasteiger partial charge is 0.439 e. The van der Waals surface area contributed by atoms with Gasteiger partial charge >= 0.3 is 5.76 Å². The zero-order valence-corrected chi connectivity index (χ0v) is 12.6. The third kappa shape index (κ3) is 2.15. The molecule has 0 fully saturated rings. The van der Waals surface area contributed by atoms with Crippen molar-refractivity contribution < 1.29 is 8.83 Å². The summed E-state index contributed by atoms with van der Waals surface area (Å²) in [6.45, 7) is 0.102. The van der Waals surface area contributed by atoms with Crippen molar-refractivity contribution in [2.75, 3.05) is 0 Å². The van der Waals surface area contributed by atoms with Crippen LogP contribution in [0.4, 0.5) is 0 Å². The molecule has 0 saturated carbocycles. The van der Waals surface area contributed by atoms with Gasteiger partial charge in [-0.3, -0.25) is 0 Å². The van der Waals surface area contributed by atoms with Crippen LogP contribution >= 0.6 is 15.9 Å². The van der Waals surface area contributed by atoms with E-state index >= 15 is 0 Å². The summed E-state index contributed by atoms with van der Waals surface area (Å²) >= 11 is 3.19. The molecule has 4 aromatic rings. The van der Waals surface area contributed by atoms with Crippen molar-refractivity contribution >= 4 is 27.0 Å². The fraction of sp³-hybridized carbons (Fsp3) is 0.0769. The Morgan fingerprint density at radius 1 is 1.09 bits per heavy atom. The van der Waals surface area contributed by atoms with E-state index in [9.17, 15) is 4.79 Å². The minimum absolute atomic E-state index is 0.102. The third-order valence-corrected chi connectivity index (χ3v) is 3.50. The molecule has 1 aromatic carbocycles. The van der Waals surface area contributed by atoms with Crippen molar-refractivity contribution in [2.45, 2.75) is 6.67 Å². The van der Waals surface area contributed by atoms with Gasteiger partial charge in [0.1, 0.15) is 12.2 Å². The highest BCUT2D eigenvalue weighted by atomic mass is 79.9. The van der Waals surface area contributed by atoms with Crippen LogP contribution < -0.4 is 5.76 Å². The highest BCUT2D eigenvalue weighted by Gasteiger charge is 2.15. The number of benzene rings is 1. The van der Waals surface area contributed by atoms with Crippen LogP contribution in [0.2, 0.25) is 0 Å². The maximum atomic E-state index is 11.9. The molecule has 0 bridgehead atoms. The molecule has 0 saturated heterocycles. The van der Waals surface area contributed by atoms with Crippen LogP contribution in [-0.2, 0) is 6.67 Å². The number of furan rings is 1. The minimum Gasteiger partial charge on any atom is -0.444 e. The molecule has 0 aliphatic carbocycles. The second-order valence-corrected chi connectivity index (χ2v) is 5.28. The fourth-order valence-corrected chi connectivity index (χ4v) is 2.38. The zero-order chi connectivity index (χ0) is 15.1. The van der Waals surface area contributed by atoms with Crippen LogP contribution in [0.1, 0.15) is 0 Å². The first-order valence-electron chi connectivity index (χ1n) is 6.32. The normalized spacial score (nSPS) is 11.3. The van der Waals surface area contributed by atoms with Crippen molar-refractivity contribution in [1.82, 2.24) is 24.8 Å². The van der Waals surface area contributed by atoms with Crippen molar-refractivity contribution in [3.63, 3.8) is 0 Å². The summed E-state index contributed by atoms with van der Waals surface area (Å²) in [5.41, 5.74) is 1.55. The molecular weight excluding hydrogens is 354 g/mol. The molecule has 0 aliphatic heterocycles. The third-order valence-electron chi connectivity index (χ3n) is 3.08. The molecule has 4 rings (SSSR count). The topological polar surface area (TPSA) is 91.9 Å². The average Bonchev–Trinajstić information content (AvgIpc) is 3.20. The number of hydrogen-bond donors (Lipinski definition) is 0. The maximum absolute atomic E-state index is 11.9. The Bertz CT molecular complexity index is 1010. The predicted octanol–water partition coefficient (Wildman–Crippen LogP) is 2.11. The largest absolute Gasteiger partial charge is 0.444 e. The van der Waals surface area contributed by atoms with Crippen molar-refractivity contribution in [2.24, 2.45) is 0 Å². The van der Waals surface area contributed by atoms with Gasteiger partial charge < -0.3 is 8.83 Å². The lowest BCUT2D eigenvalue weighted by molar-refractivity contribution is 0.438. The molecular formula is C13H8BrN5O3. The van der Waals surface area contributed by atoms with E-state index in [4.69, 9.17) is 8.83 Å². The van der Waals surface area contributed by atoms with Crippen LogP contribution in [0.15, 0.2) is 54.7 Å². The van der Waals surface area contributed by atoms with Crippen molar-refractivity contribution in [3.05, 3.63) is 51.6 Å². The predicted molar refractivity (Wildman–Crippen MR) is 79.1 cm³/mol. The number of hydrogen-bond acceptors (Lipinski definition) is 6. The van der Waals surface area contributed by atoms with E-state index < -0.39 is 5.76 Å². The summed E-state index contributed by atoms with van der Waals surface area (Å²) < 4.78 is 13.7. The molecule has 0 radical (unpaired) electrons. The number of para-hydroxylation sites is 1. The van der Waals surface area contributed by atoms with Crippen LogP contribution in [0.5, 0.6) is 0 Å². The van der Waals surface area contributed by atoms with Gasteiger partial charge in [0.05, 0.1) is 5.52 Å². The van der Waals surface area contributed by atoms with Crippen LogP contribution in [0.25, 0.3) is 22.7 Å². The Hall–Kier alpha value is -2.68. The number of nitrogens with zero attached hydrogens (tertiary/aromatic N) is 5. The minimum atomic E-state index is -0.595. The summed E-state index contributed by atoms with van der Waals surface area (Å²) in [5, 5.41) is 12.1. The highest BCUT2D eigenvalue weighted by Crippen LogP contribution is 2.22. The molecule has 3 heterocycles. The lowest BCUT2D eigenvalue weighted by Gasteiger charge is -1.99. The average molecular weight is 362 g/mol. The number of rotatable bonds is 3. The summed E-state index contributed by atoms with van der Waals surface area (Å²) in [6, 6.07) is 10.8. The van der Waals surface area contributed by atoms with Gasteiger partial charge in [0.2, 0.25) is 0 Å². The van der Waals surface area contributed by atoms with Gasteiger partial charge in [-0.2, -0.15) is 4.68 Å². The molecule has 0 aliphatic rings. The molecule has 0 atom stereocenters. The van der Waals surface area contributed by atoms with E-state index in [2.05, 4.69) is 31.3 Å². The molecule has 22 heavy (non-hydrogen) atoms. The van der Waals surface area contributed by atoms with E-state index in [1.807, 2.05) is 24.3 Å². The van der Waals surface area contributed by atoms with Gasteiger partial charge in [0, 0.05) is 0 Å². The van der Waals surface area contributed by atoms with E-state index in [-0.39, 0.29) is 12.6 Å². The van der Waals surface area contributed by atoms with Gasteiger partial charge in [0.15, 0.2) is 10.4 Å². The summed E-state index contributed by atoms with van der Waals surface area (Å²) in [5.74, 6) is -0.117. The Morgan fingerprint density at radius 2 is 1.95 bits per heavy atom. The number of fused-ring (bicyclic) bond motifs is 1.